The summed E-state index contributed by atoms with van der Waals surface area (Å²) < 4.78 is 34.1. The molecule has 0 saturated carbocycles. The van der Waals surface area contributed by atoms with Gasteiger partial charge >= 0.3 is 0 Å². The van der Waals surface area contributed by atoms with Gasteiger partial charge in [0.15, 0.2) is 11.6 Å². The molecular formula is C28H28F2N4O4. The molecule has 0 aliphatic carbocycles. The van der Waals surface area contributed by atoms with Gasteiger partial charge in [0.05, 0.1) is 23.6 Å². The van der Waals surface area contributed by atoms with E-state index in [1.165, 1.54) is 17.0 Å². The third-order valence-corrected chi connectivity index (χ3v) is 7.08. The summed E-state index contributed by atoms with van der Waals surface area (Å²) in [5.41, 5.74) is 0.986. The molecule has 0 radical (unpaired) electrons. The highest BCUT2D eigenvalue weighted by Gasteiger charge is 2.41. The molecular weight excluding hydrogens is 494 g/mol. The highest BCUT2D eigenvalue weighted by Crippen LogP contribution is 2.35. The Morgan fingerprint density at radius 3 is 2.58 bits per heavy atom. The minimum Gasteiger partial charge on any atom is -0.492 e. The molecule has 2 bridgehead atoms. The van der Waals surface area contributed by atoms with Crippen molar-refractivity contribution in [2.45, 2.75) is 12.3 Å². The van der Waals surface area contributed by atoms with Crippen molar-refractivity contribution >= 4 is 17.7 Å². The zero-order valence-electron chi connectivity index (χ0n) is 20.7. The summed E-state index contributed by atoms with van der Waals surface area (Å²) in [6.45, 7) is 1.65. The van der Waals surface area contributed by atoms with Crippen LogP contribution in [0.15, 0.2) is 60.9 Å². The minimum absolute atomic E-state index is 0.0640. The Morgan fingerprint density at radius 1 is 0.947 bits per heavy atom. The quantitative estimate of drug-likeness (QED) is 0.541. The lowest BCUT2D eigenvalue weighted by Crippen LogP contribution is -2.39. The van der Waals surface area contributed by atoms with Crippen LogP contribution in [0.3, 0.4) is 0 Å². The molecule has 10 heteroatoms. The third kappa shape index (κ3) is 5.25. The number of rotatable bonds is 2. The number of H-pyrrole nitrogens is 1. The number of hydrogen-bond acceptors (Lipinski definition) is 4. The maximum Gasteiger partial charge on any atom is 0.256 e. The number of halogens is 2. The molecule has 0 unspecified atom stereocenters. The average molecular weight is 523 g/mol. The van der Waals surface area contributed by atoms with Crippen molar-refractivity contribution < 1.29 is 27.9 Å². The molecule has 1 fully saturated rings. The first kappa shape index (κ1) is 25.4. The first-order valence-electron chi connectivity index (χ1n) is 12.6. The monoisotopic (exact) mass is 522 g/mol. The summed E-state index contributed by atoms with van der Waals surface area (Å²) in [7, 11) is 0. The molecule has 2 N–H and O–H groups in total. The van der Waals surface area contributed by atoms with Crippen molar-refractivity contribution in [1.29, 1.82) is 0 Å². The lowest BCUT2D eigenvalue weighted by molar-refractivity contribution is -0.124. The SMILES string of the molecule is O=C1NCCCN(C(=O)c2cc[nH]c2)CCOc2cccc(c2)[C@H]2CN(C(=O)c3cccc(F)c3F)C[C@H]12. The second kappa shape index (κ2) is 11.0. The van der Waals surface area contributed by atoms with E-state index in [4.69, 9.17) is 4.74 Å². The average Bonchev–Trinajstić information content (AvgIpc) is 3.61. The Bertz CT molecular complexity index is 1330. The van der Waals surface area contributed by atoms with Crippen molar-refractivity contribution in [2.24, 2.45) is 5.92 Å². The normalized spacial score (nSPS) is 20.2. The Labute approximate surface area is 218 Å². The van der Waals surface area contributed by atoms with E-state index >= 15 is 0 Å². The molecule has 3 amide bonds. The summed E-state index contributed by atoms with van der Waals surface area (Å²) in [4.78, 5) is 45.3. The van der Waals surface area contributed by atoms with Crippen LogP contribution in [0.2, 0.25) is 0 Å². The van der Waals surface area contributed by atoms with Crippen LogP contribution in [0.25, 0.3) is 0 Å². The van der Waals surface area contributed by atoms with Crippen molar-refractivity contribution in [1.82, 2.24) is 20.1 Å². The number of likely N-dealkylation sites (tertiary alicyclic amines) is 1. The fourth-order valence-corrected chi connectivity index (χ4v) is 5.09. The van der Waals surface area contributed by atoms with Crippen molar-refractivity contribution in [2.75, 3.05) is 39.3 Å². The van der Waals surface area contributed by atoms with Crippen LogP contribution in [0.4, 0.5) is 8.78 Å². The predicted octanol–water partition coefficient (Wildman–Crippen LogP) is 3.19. The maximum atomic E-state index is 14.4. The zero-order chi connectivity index (χ0) is 26.6. The smallest absolute Gasteiger partial charge is 0.256 e. The molecule has 2 aromatic carbocycles. The molecule has 2 atom stereocenters. The number of carbonyl (C=O) groups excluding carboxylic acids is 3. The molecule has 2 aliphatic rings. The second-order valence-corrected chi connectivity index (χ2v) is 9.48. The van der Waals surface area contributed by atoms with Gasteiger partial charge in [0, 0.05) is 44.5 Å². The largest absolute Gasteiger partial charge is 0.492 e. The van der Waals surface area contributed by atoms with Gasteiger partial charge in [0.1, 0.15) is 12.4 Å². The fourth-order valence-electron chi connectivity index (χ4n) is 5.09. The van der Waals surface area contributed by atoms with E-state index in [-0.39, 0.29) is 43.0 Å². The number of nitrogens with zero attached hydrogens (tertiary/aromatic N) is 2. The van der Waals surface area contributed by atoms with Gasteiger partial charge in [-0.3, -0.25) is 14.4 Å². The molecule has 1 saturated heterocycles. The van der Waals surface area contributed by atoms with Gasteiger partial charge in [-0.25, -0.2) is 8.78 Å². The number of nitrogens with one attached hydrogen (secondary N) is 2. The molecule has 3 aromatic rings. The third-order valence-electron chi connectivity index (χ3n) is 7.08. The number of hydrogen-bond donors (Lipinski definition) is 2. The van der Waals surface area contributed by atoms with E-state index < -0.39 is 23.5 Å². The number of carbonyl (C=O) groups is 3. The van der Waals surface area contributed by atoms with Gasteiger partial charge in [0.2, 0.25) is 5.91 Å². The molecule has 3 heterocycles. The summed E-state index contributed by atoms with van der Waals surface area (Å²) in [6, 6.07) is 12.5. The van der Waals surface area contributed by atoms with Crippen molar-refractivity contribution in [3.8, 4) is 5.75 Å². The van der Waals surface area contributed by atoms with E-state index in [0.29, 0.717) is 37.4 Å². The summed E-state index contributed by atoms with van der Waals surface area (Å²) in [6.07, 6.45) is 3.86. The number of benzene rings is 2. The van der Waals surface area contributed by atoms with Crippen LogP contribution in [0.1, 0.15) is 38.6 Å². The zero-order valence-corrected chi connectivity index (χ0v) is 20.7. The van der Waals surface area contributed by atoms with Crippen LogP contribution in [0, 0.1) is 17.6 Å². The van der Waals surface area contributed by atoms with E-state index in [0.717, 1.165) is 11.6 Å². The first-order chi connectivity index (χ1) is 18.4. The standard InChI is InChI=1S/C28H28F2N4O4/c29-24-7-2-6-21(25(24)30)28(37)34-16-22-18-4-1-5-20(14-18)38-13-12-33(27(36)19-8-10-31-15-19)11-3-9-32-26(35)23(22)17-34/h1-2,4-8,10,14-15,22-23,31H,3,9,11-13,16-17H2,(H,32,35)/t22-,23+/m1/s1. The Morgan fingerprint density at radius 2 is 1.76 bits per heavy atom. The number of aromatic amines is 1. The molecule has 2 aliphatic heterocycles. The molecule has 5 rings (SSSR count). The fraction of sp³-hybridized carbons (Fsp3) is 0.321. The number of amides is 3. The van der Waals surface area contributed by atoms with Crippen LogP contribution in [0.5, 0.6) is 5.75 Å². The Hall–Kier alpha value is -4.21. The summed E-state index contributed by atoms with van der Waals surface area (Å²) >= 11 is 0. The summed E-state index contributed by atoms with van der Waals surface area (Å²) in [5, 5.41) is 2.94. The Kier molecular flexibility index (Phi) is 7.39. The van der Waals surface area contributed by atoms with Crippen molar-refractivity contribution in [3.63, 3.8) is 0 Å². The lowest BCUT2D eigenvalue weighted by Gasteiger charge is -2.24. The van der Waals surface area contributed by atoms with Gasteiger partial charge in [-0.15, -0.1) is 0 Å². The van der Waals surface area contributed by atoms with Crippen LogP contribution >= 0.6 is 0 Å². The molecule has 8 nitrogen and oxygen atoms in total. The molecule has 1 aromatic heterocycles. The Balaban J connectivity index is 1.38. The van der Waals surface area contributed by atoms with Gasteiger partial charge in [-0.05, 0) is 42.3 Å². The topological polar surface area (TPSA) is 94.7 Å². The second-order valence-electron chi connectivity index (χ2n) is 9.48. The summed E-state index contributed by atoms with van der Waals surface area (Å²) in [5.74, 6) is -3.69. The number of ether oxygens (including phenoxy) is 1. The lowest BCUT2D eigenvalue weighted by atomic mass is 9.88. The van der Waals surface area contributed by atoms with E-state index in [1.807, 2.05) is 18.2 Å². The van der Waals surface area contributed by atoms with Crippen molar-refractivity contribution in [3.05, 3.63) is 89.2 Å². The van der Waals surface area contributed by atoms with Crippen LogP contribution in [-0.2, 0) is 4.79 Å². The van der Waals surface area contributed by atoms with E-state index in [1.54, 1.807) is 29.4 Å². The van der Waals surface area contributed by atoms with Crippen LogP contribution in [-0.4, -0.2) is 71.8 Å². The first-order valence-corrected chi connectivity index (χ1v) is 12.6. The van der Waals surface area contributed by atoms with Gasteiger partial charge in [-0.1, -0.05) is 18.2 Å². The predicted molar refractivity (Wildman–Crippen MR) is 135 cm³/mol. The van der Waals surface area contributed by atoms with E-state index in [2.05, 4.69) is 10.3 Å². The highest BCUT2D eigenvalue weighted by atomic mass is 19.2. The maximum absolute atomic E-state index is 14.4. The molecule has 198 valence electrons. The van der Waals surface area contributed by atoms with Crippen LogP contribution < -0.4 is 10.1 Å². The highest BCUT2D eigenvalue weighted by molar-refractivity contribution is 5.95. The van der Waals surface area contributed by atoms with Gasteiger partial charge in [0.25, 0.3) is 11.8 Å². The minimum atomic E-state index is -1.20. The van der Waals surface area contributed by atoms with E-state index in [9.17, 15) is 23.2 Å². The number of aromatic nitrogens is 1. The molecule has 0 spiro atoms. The van der Waals surface area contributed by atoms with Gasteiger partial charge < -0.3 is 24.8 Å². The number of fused-ring (bicyclic) bond motifs is 4. The molecule has 38 heavy (non-hydrogen) atoms. The van der Waals surface area contributed by atoms with Gasteiger partial charge in [-0.2, -0.15) is 0 Å².